The van der Waals surface area contributed by atoms with Gasteiger partial charge < -0.3 is 4.74 Å². The summed E-state index contributed by atoms with van der Waals surface area (Å²) in [5, 5.41) is 0. The zero-order chi connectivity index (χ0) is 12.7. The van der Waals surface area contributed by atoms with Gasteiger partial charge in [-0.05, 0) is 26.4 Å². The fourth-order valence-electron chi connectivity index (χ4n) is 1.15. The Balaban J connectivity index is 3.01. The van der Waals surface area contributed by atoms with Gasteiger partial charge in [-0.2, -0.15) is 0 Å². The van der Waals surface area contributed by atoms with Crippen LogP contribution in [0, 0.1) is 6.92 Å². The molecule has 0 atom stereocenters. The second-order valence-corrected chi connectivity index (χ2v) is 5.04. The first-order valence-corrected chi connectivity index (χ1v) is 7.73. The maximum Gasteiger partial charge on any atom is 0.162 e. The number of aryl methyl sites for hydroxylation is 1. The number of rotatable bonds is 4. The summed E-state index contributed by atoms with van der Waals surface area (Å²) in [6, 6.07) is 0. The minimum Gasteiger partial charge on any atom is -0.377 e. The van der Waals surface area contributed by atoms with Gasteiger partial charge in [0, 0.05) is 18.4 Å². The maximum atomic E-state index is 5.39. The van der Waals surface area contributed by atoms with E-state index < -0.39 is 0 Å². The lowest BCUT2D eigenvalue weighted by Gasteiger charge is -2.06. The molecule has 6 heteroatoms. The first-order valence-electron chi connectivity index (χ1n) is 5.28. The van der Waals surface area contributed by atoms with Crippen molar-refractivity contribution in [3.05, 3.63) is 17.6 Å². The molecule has 0 bridgehead atoms. The van der Waals surface area contributed by atoms with E-state index in [9.17, 15) is 0 Å². The predicted octanol–water partition coefficient (Wildman–Crippen LogP) is 3.04. The third-order valence-corrected chi connectivity index (χ3v) is 3.85. The van der Waals surface area contributed by atoms with E-state index in [0.717, 1.165) is 15.8 Å². The number of nitrogens with zero attached hydrogens (tertiary/aromatic N) is 3. The second-order valence-electron chi connectivity index (χ2n) is 3.19. The molecule has 0 saturated carbocycles. The standard InChI is InChI=1S/C11H17N3OS2/c1-5-15-7-9-6-12-8(2)13-10(9)14-11(16-3)17-4/h6H,5,7H2,1-4H3. The quantitative estimate of drug-likeness (QED) is 0.622. The summed E-state index contributed by atoms with van der Waals surface area (Å²) in [6.45, 7) is 5.01. The van der Waals surface area contributed by atoms with Crippen LogP contribution in [0.25, 0.3) is 0 Å². The van der Waals surface area contributed by atoms with Crippen molar-refractivity contribution in [3.8, 4) is 0 Å². The molecule has 0 aliphatic rings. The number of aliphatic imine (C=N–C) groups is 1. The van der Waals surface area contributed by atoms with Crippen LogP contribution in [0.5, 0.6) is 0 Å². The summed E-state index contributed by atoms with van der Waals surface area (Å²) >= 11 is 3.23. The third-order valence-electron chi connectivity index (χ3n) is 1.97. The van der Waals surface area contributed by atoms with Crippen LogP contribution in [0.2, 0.25) is 0 Å². The van der Waals surface area contributed by atoms with Gasteiger partial charge in [0.2, 0.25) is 0 Å². The van der Waals surface area contributed by atoms with Gasteiger partial charge in [0.1, 0.15) is 10.2 Å². The number of aromatic nitrogens is 2. The minimum atomic E-state index is 0.506. The molecule has 0 saturated heterocycles. The number of hydrogen-bond donors (Lipinski definition) is 0. The van der Waals surface area contributed by atoms with Gasteiger partial charge >= 0.3 is 0 Å². The van der Waals surface area contributed by atoms with Crippen molar-refractivity contribution in [2.24, 2.45) is 4.99 Å². The van der Waals surface area contributed by atoms with E-state index in [0.29, 0.717) is 19.0 Å². The van der Waals surface area contributed by atoms with Crippen molar-refractivity contribution in [2.75, 3.05) is 19.1 Å². The Bertz CT molecular complexity index is 390. The number of ether oxygens (including phenoxy) is 1. The Morgan fingerprint density at radius 2 is 2.12 bits per heavy atom. The van der Waals surface area contributed by atoms with Crippen LogP contribution in [0.3, 0.4) is 0 Å². The maximum absolute atomic E-state index is 5.39. The molecule has 0 N–H and O–H groups in total. The van der Waals surface area contributed by atoms with E-state index >= 15 is 0 Å². The monoisotopic (exact) mass is 271 g/mol. The topological polar surface area (TPSA) is 47.4 Å². The van der Waals surface area contributed by atoms with Crippen LogP contribution in [-0.4, -0.2) is 33.5 Å². The van der Waals surface area contributed by atoms with Crippen molar-refractivity contribution in [1.82, 2.24) is 9.97 Å². The van der Waals surface area contributed by atoms with Crippen molar-refractivity contribution in [1.29, 1.82) is 0 Å². The smallest absolute Gasteiger partial charge is 0.162 e. The zero-order valence-corrected chi connectivity index (χ0v) is 12.2. The highest BCUT2D eigenvalue weighted by molar-refractivity contribution is 8.38. The van der Waals surface area contributed by atoms with Crippen molar-refractivity contribution in [3.63, 3.8) is 0 Å². The summed E-state index contributed by atoms with van der Waals surface area (Å²) in [5.74, 6) is 1.44. The molecule has 4 nitrogen and oxygen atoms in total. The lowest BCUT2D eigenvalue weighted by atomic mass is 10.3. The zero-order valence-electron chi connectivity index (χ0n) is 10.6. The van der Waals surface area contributed by atoms with E-state index in [1.54, 1.807) is 29.7 Å². The molecule has 17 heavy (non-hydrogen) atoms. The van der Waals surface area contributed by atoms with Gasteiger partial charge in [0.25, 0.3) is 0 Å². The predicted molar refractivity (Wildman–Crippen MR) is 76.2 cm³/mol. The van der Waals surface area contributed by atoms with E-state index in [4.69, 9.17) is 4.74 Å². The van der Waals surface area contributed by atoms with Gasteiger partial charge in [-0.15, -0.1) is 23.5 Å². The summed E-state index contributed by atoms with van der Waals surface area (Å²) in [5.41, 5.74) is 0.929. The molecular weight excluding hydrogens is 254 g/mol. The fourth-order valence-corrected chi connectivity index (χ4v) is 2.18. The molecule has 0 unspecified atom stereocenters. The van der Waals surface area contributed by atoms with Crippen LogP contribution in [0.1, 0.15) is 18.3 Å². The Kier molecular flexibility index (Phi) is 6.54. The molecule has 0 aromatic carbocycles. The molecular formula is C11H17N3OS2. The van der Waals surface area contributed by atoms with Crippen molar-refractivity contribution < 1.29 is 4.74 Å². The molecule has 0 amide bonds. The van der Waals surface area contributed by atoms with E-state index in [1.165, 1.54) is 0 Å². The fraction of sp³-hybridized carbons (Fsp3) is 0.545. The average molecular weight is 271 g/mol. The van der Waals surface area contributed by atoms with Gasteiger partial charge in [0.15, 0.2) is 5.82 Å². The SMILES string of the molecule is CCOCc1cnc(C)nc1N=C(SC)SC. The Hall–Kier alpha value is -0.590. The molecule has 0 aliphatic heterocycles. The van der Waals surface area contributed by atoms with Crippen LogP contribution < -0.4 is 0 Å². The summed E-state index contributed by atoms with van der Waals surface area (Å²) < 4.78 is 6.37. The molecule has 0 radical (unpaired) electrons. The number of thioether (sulfide) groups is 2. The van der Waals surface area contributed by atoms with Crippen LogP contribution in [0.15, 0.2) is 11.2 Å². The molecule has 94 valence electrons. The van der Waals surface area contributed by atoms with Crippen LogP contribution >= 0.6 is 23.5 Å². The molecule has 1 heterocycles. The average Bonchev–Trinajstić information content (AvgIpc) is 2.35. The van der Waals surface area contributed by atoms with Gasteiger partial charge in [-0.1, -0.05) is 0 Å². The van der Waals surface area contributed by atoms with Crippen molar-refractivity contribution >= 4 is 33.7 Å². The largest absolute Gasteiger partial charge is 0.377 e. The lowest BCUT2D eigenvalue weighted by Crippen LogP contribution is -1.98. The molecule has 0 aliphatic carbocycles. The Labute approximate surface area is 111 Å². The first-order chi connectivity index (χ1) is 8.21. The van der Waals surface area contributed by atoms with Crippen molar-refractivity contribution in [2.45, 2.75) is 20.5 Å². The first kappa shape index (κ1) is 14.5. The minimum absolute atomic E-state index is 0.506. The van der Waals surface area contributed by atoms with E-state index in [1.807, 2.05) is 26.4 Å². The van der Waals surface area contributed by atoms with Gasteiger partial charge in [0.05, 0.1) is 6.61 Å². The highest BCUT2D eigenvalue weighted by Gasteiger charge is 2.06. The Morgan fingerprint density at radius 3 is 2.71 bits per heavy atom. The van der Waals surface area contributed by atoms with Crippen LogP contribution in [0.4, 0.5) is 5.82 Å². The highest BCUT2D eigenvalue weighted by atomic mass is 32.2. The third kappa shape index (κ3) is 4.65. The summed E-state index contributed by atoms with van der Waals surface area (Å²) in [6.07, 6.45) is 5.80. The molecule has 1 aromatic rings. The Morgan fingerprint density at radius 1 is 1.41 bits per heavy atom. The highest BCUT2D eigenvalue weighted by Crippen LogP contribution is 2.21. The summed E-state index contributed by atoms with van der Waals surface area (Å²) in [4.78, 5) is 13.1. The van der Waals surface area contributed by atoms with Gasteiger partial charge in [-0.3, -0.25) is 0 Å². The molecule has 1 rings (SSSR count). The second kappa shape index (κ2) is 7.68. The molecule has 0 spiro atoms. The van der Waals surface area contributed by atoms with E-state index in [-0.39, 0.29) is 0 Å². The van der Waals surface area contributed by atoms with Crippen LogP contribution in [-0.2, 0) is 11.3 Å². The molecule has 1 aromatic heterocycles. The van der Waals surface area contributed by atoms with E-state index in [2.05, 4.69) is 15.0 Å². The van der Waals surface area contributed by atoms with Gasteiger partial charge in [-0.25, -0.2) is 15.0 Å². The number of hydrogen-bond acceptors (Lipinski definition) is 6. The summed E-state index contributed by atoms with van der Waals surface area (Å²) in [7, 11) is 0. The molecule has 0 fully saturated rings. The lowest BCUT2D eigenvalue weighted by molar-refractivity contribution is 0.134. The normalized spacial score (nSPS) is 10.4.